The molecule has 0 bridgehead atoms. The minimum atomic E-state index is -0.555. The van der Waals surface area contributed by atoms with Gasteiger partial charge in [0.2, 0.25) is 5.91 Å². The van der Waals surface area contributed by atoms with E-state index in [-0.39, 0.29) is 48.4 Å². The molecule has 0 aliphatic carbocycles. The number of nitrogens with one attached hydrogen (secondary N) is 1. The third-order valence-electron chi connectivity index (χ3n) is 11.4. The first kappa shape index (κ1) is 43.8. The van der Waals surface area contributed by atoms with Gasteiger partial charge in [-0.1, -0.05) is 113 Å². The Hall–Kier alpha value is -3.56. The first-order valence-corrected chi connectivity index (χ1v) is 19.1. The molecule has 3 rings (SSSR count). The highest BCUT2D eigenvalue weighted by Crippen LogP contribution is 2.50. The predicted molar refractivity (Wildman–Crippen MR) is 209 cm³/mol. The van der Waals surface area contributed by atoms with Crippen LogP contribution in [-0.2, 0) is 19.1 Å². The molecule has 1 aliphatic heterocycles. The normalized spacial score (nSPS) is 16.2. The third kappa shape index (κ3) is 11.5. The first-order chi connectivity index (χ1) is 24.4. The SMILES string of the molecule is CC(C)(C)CC(C(=O)OCCO)C(C)(C)CNC(N1CCCC1=O)C(C)(C)C(C)(C)CC(C(=O)Oc1ccc(C(=O)c2ccccc2)cc1)C(C)(C)C. The van der Waals surface area contributed by atoms with Crippen molar-refractivity contribution in [3.8, 4) is 5.75 Å². The van der Waals surface area contributed by atoms with E-state index >= 15 is 0 Å². The van der Waals surface area contributed by atoms with E-state index in [0.29, 0.717) is 49.2 Å². The molecule has 0 spiro atoms. The number of benzene rings is 2. The molecule has 1 amide bonds. The van der Waals surface area contributed by atoms with Crippen molar-refractivity contribution in [1.29, 1.82) is 0 Å². The number of carbonyl (C=O) groups is 4. The van der Waals surface area contributed by atoms with Crippen LogP contribution >= 0.6 is 0 Å². The molecule has 9 heteroatoms. The lowest BCUT2D eigenvalue weighted by atomic mass is 9.59. The van der Waals surface area contributed by atoms with Crippen LogP contribution in [0.5, 0.6) is 5.75 Å². The minimum absolute atomic E-state index is 0.0499. The largest absolute Gasteiger partial charge is 0.463 e. The van der Waals surface area contributed by atoms with Crippen LogP contribution in [0.3, 0.4) is 0 Å². The fourth-order valence-electron chi connectivity index (χ4n) is 7.22. The van der Waals surface area contributed by atoms with Crippen LogP contribution in [0.25, 0.3) is 0 Å². The summed E-state index contributed by atoms with van der Waals surface area (Å²) in [6.07, 6.45) is 1.93. The van der Waals surface area contributed by atoms with Gasteiger partial charge in [-0.2, -0.15) is 0 Å². The lowest BCUT2D eigenvalue weighted by molar-refractivity contribution is -0.156. The third-order valence-corrected chi connectivity index (χ3v) is 11.4. The Balaban J connectivity index is 1.88. The van der Waals surface area contributed by atoms with Gasteiger partial charge in [-0.05, 0) is 65.2 Å². The molecule has 1 aliphatic rings. The van der Waals surface area contributed by atoms with Crippen LogP contribution in [-0.4, -0.2) is 66.1 Å². The molecule has 53 heavy (non-hydrogen) atoms. The van der Waals surface area contributed by atoms with Gasteiger partial charge in [-0.25, -0.2) is 0 Å². The summed E-state index contributed by atoms with van der Waals surface area (Å²) in [6.45, 7) is 25.9. The molecule has 1 saturated heterocycles. The van der Waals surface area contributed by atoms with E-state index in [1.165, 1.54) is 0 Å². The van der Waals surface area contributed by atoms with Gasteiger partial charge in [0.05, 0.1) is 24.6 Å². The number of hydrogen-bond acceptors (Lipinski definition) is 8. The Morgan fingerprint density at radius 1 is 0.792 bits per heavy atom. The number of esters is 2. The number of aliphatic hydroxyl groups excluding tert-OH is 1. The highest BCUT2D eigenvalue weighted by atomic mass is 16.5. The fraction of sp³-hybridized carbons (Fsp3) is 0.636. The van der Waals surface area contributed by atoms with E-state index < -0.39 is 33.5 Å². The number of ketones is 1. The minimum Gasteiger partial charge on any atom is -0.463 e. The van der Waals surface area contributed by atoms with E-state index in [0.717, 1.165) is 6.42 Å². The van der Waals surface area contributed by atoms with E-state index in [9.17, 15) is 24.3 Å². The van der Waals surface area contributed by atoms with Crippen LogP contribution in [0.4, 0.5) is 0 Å². The second-order valence-electron chi connectivity index (χ2n) is 19.0. The smallest absolute Gasteiger partial charge is 0.314 e. The van der Waals surface area contributed by atoms with Gasteiger partial charge in [0.1, 0.15) is 12.4 Å². The zero-order chi connectivity index (χ0) is 40.0. The summed E-state index contributed by atoms with van der Waals surface area (Å²) in [5.41, 5.74) is -1.10. The average Bonchev–Trinajstić information content (AvgIpc) is 3.49. The summed E-state index contributed by atoms with van der Waals surface area (Å²) in [4.78, 5) is 55.7. The Morgan fingerprint density at radius 3 is 1.89 bits per heavy atom. The maximum Gasteiger partial charge on any atom is 0.314 e. The lowest BCUT2D eigenvalue weighted by Gasteiger charge is -2.52. The van der Waals surface area contributed by atoms with Crippen LogP contribution in [0.1, 0.15) is 125 Å². The molecular formula is C44H66N2O7. The van der Waals surface area contributed by atoms with Gasteiger partial charge >= 0.3 is 11.9 Å². The van der Waals surface area contributed by atoms with E-state index in [4.69, 9.17) is 9.47 Å². The van der Waals surface area contributed by atoms with Gasteiger partial charge in [0.25, 0.3) is 0 Å². The molecule has 1 heterocycles. The van der Waals surface area contributed by atoms with E-state index in [1.54, 1.807) is 36.4 Å². The van der Waals surface area contributed by atoms with Crippen molar-refractivity contribution >= 4 is 23.6 Å². The molecule has 2 N–H and O–H groups in total. The molecule has 9 nitrogen and oxygen atoms in total. The van der Waals surface area contributed by atoms with Gasteiger partial charge < -0.3 is 19.5 Å². The average molecular weight is 735 g/mol. The Morgan fingerprint density at radius 2 is 1.38 bits per heavy atom. The number of rotatable bonds is 17. The molecule has 2 aromatic carbocycles. The van der Waals surface area contributed by atoms with Crippen molar-refractivity contribution in [3.05, 3.63) is 65.7 Å². The number of carbonyl (C=O) groups excluding carboxylic acids is 4. The number of ether oxygens (including phenoxy) is 2. The Labute approximate surface area is 318 Å². The molecule has 3 unspecified atom stereocenters. The van der Waals surface area contributed by atoms with Crippen LogP contribution in [0.15, 0.2) is 54.6 Å². The van der Waals surface area contributed by atoms with E-state index in [1.807, 2.05) is 57.7 Å². The number of amides is 1. The summed E-state index contributed by atoms with van der Waals surface area (Å²) in [7, 11) is 0. The van der Waals surface area contributed by atoms with Crippen molar-refractivity contribution in [3.63, 3.8) is 0 Å². The number of aliphatic hydroxyl groups is 1. The van der Waals surface area contributed by atoms with Gasteiger partial charge in [0.15, 0.2) is 5.78 Å². The molecule has 294 valence electrons. The molecule has 0 aromatic heterocycles. The topological polar surface area (TPSA) is 122 Å². The second-order valence-corrected chi connectivity index (χ2v) is 19.0. The molecule has 3 atom stereocenters. The quantitative estimate of drug-likeness (QED) is 0.0951. The molecule has 2 aromatic rings. The maximum absolute atomic E-state index is 14.0. The van der Waals surface area contributed by atoms with Crippen molar-refractivity contribution in [2.45, 2.75) is 115 Å². The molecule has 0 radical (unpaired) electrons. The number of nitrogens with zero attached hydrogens (tertiary/aromatic N) is 1. The molecule has 0 saturated carbocycles. The lowest BCUT2D eigenvalue weighted by Crippen LogP contribution is -2.61. The highest BCUT2D eigenvalue weighted by Gasteiger charge is 2.51. The Bertz CT molecular complexity index is 1550. The van der Waals surface area contributed by atoms with Crippen LogP contribution in [0.2, 0.25) is 0 Å². The zero-order valence-corrected chi connectivity index (χ0v) is 34.4. The summed E-state index contributed by atoms with van der Waals surface area (Å²) in [5.74, 6) is -1.27. The van der Waals surface area contributed by atoms with Gasteiger partial charge in [0, 0.05) is 36.1 Å². The monoisotopic (exact) mass is 734 g/mol. The van der Waals surface area contributed by atoms with Crippen LogP contribution in [0, 0.1) is 38.9 Å². The van der Waals surface area contributed by atoms with Crippen molar-refractivity contribution in [2.24, 2.45) is 38.9 Å². The molecule has 1 fully saturated rings. The summed E-state index contributed by atoms with van der Waals surface area (Å²) in [5, 5.41) is 13.1. The fourth-order valence-corrected chi connectivity index (χ4v) is 7.22. The van der Waals surface area contributed by atoms with Gasteiger partial charge in [-0.15, -0.1) is 0 Å². The molecular weight excluding hydrogens is 668 g/mol. The summed E-state index contributed by atoms with van der Waals surface area (Å²) in [6, 6.07) is 15.7. The maximum atomic E-state index is 14.0. The van der Waals surface area contributed by atoms with Gasteiger partial charge in [-0.3, -0.25) is 24.5 Å². The Kier molecular flexibility index (Phi) is 14.3. The second kappa shape index (κ2) is 17.3. The first-order valence-electron chi connectivity index (χ1n) is 19.1. The van der Waals surface area contributed by atoms with Crippen molar-refractivity contribution in [1.82, 2.24) is 10.2 Å². The number of hydrogen-bond donors (Lipinski definition) is 2. The predicted octanol–water partition coefficient (Wildman–Crippen LogP) is 8.08. The standard InChI is InChI=1S/C44H66N2O7/c1-40(2,3)27-34(37(50)52-26-25-47)42(7,8)29-45-39(46-24-16-19-35(46)48)44(11,12)43(9,10)28-33(41(4,5)6)38(51)53-32-22-20-31(21-23-32)36(49)30-17-14-13-15-18-30/h13-15,17-18,20-23,33-34,39,45,47H,16,19,24-29H2,1-12H3. The number of likely N-dealkylation sites (tertiary alicyclic amines) is 1. The van der Waals surface area contributed by atoms with Crippen molar-refractivity contribution < 1.29 is 33.8 Å². The zero-order valence-electron chi connectivity index (χ0n) is 34.4. The highest BCUT2D eigenvalue weighted by molar-refractivity contribution is 6.09. The summed E-state index contributed by atoms with van der Waals surface area (Å²) >= 11 is 0. The van der Waals surface area contributed by atoms with Crippen LogP contribution < -0.4 is 10.1 Å². The summed E-state index contributed by atoms with van der Waals surface area (Å²) < 4.78 is 11.5. The van der Waals surface area contributed by atoms with Crippen molar-refractivity contribution in [2.75, 3.05) is 26.3 Å². The van der Waals surface area contributed by atoms with E-state index in [2.05, 4.69) is 53.8 Å².